The fourth-order valence-corrected chi connectivity index (χ4v) is 1.47. The van der Waals surface area contributed by atoms with Gasteiger partial charge in [0.1, 0.15) is 5.76 Å². The Bertz CT molecular complexity index is 375. The number of carboxylic acid groups (broad SMARTS) is 1. The molecule has 18 heavy (non-hydrogen) atoms. The third-order valence-electron chi connectivity index (χ3n) is 2.38. The van der Waals surface area contributed by atoms with Gasteiger partial charge in [0, 0.05) is 6.42 Å². The molecule has 0 radical (unpaired) electrons. The van der Waals surface area contributed by atoms with Crippen LogP contribution < -0.4 is 10.6 Å². The average molecular weight is 254 g/mol. The minimum atomic E-state index is -0.826. The number of nitrogens with one attached hydrogen (secondary N) is 2. The summed E-state index contributed by atoms with van der Waals surface area (Å²) < 4.78 is 5.17. The number of rotatable bonds is 8. The number of carbonyl (C=O) groups is 2. The normalized spacial score (nSPS) is 12.1. The van der Waals surface area contributed by atoms with Gasteiger partial charge in [0.05, 0.1) is 18.8 Å². The minimum absolute atomic E-state index is 0.109. The summed E-state index contributed by atoms with van der Waals surface area (Å²) in [7, 11) is 0. The lowest BCUT2D eigenvalue weighted by atomic mass is 10.2. The average Bonchev–Trinajstić information content (AvgIpc) is 2.81. The molecule has 1 aromatic heterocycles. The number of carbonyl (C=O) groups excluding carboxylic acids is 1. The summed E-state index contributed by atoms with van der Waals surface area (Å²) in [4.78, 5) is 21.8. The van der Waals surface area contributed by atoms with E-state index in [1.807, 2.05) is 6.92 Å². The molecule has 100 valence electrons. The predicted molar refractivity (Wildman–Crippen MR) is 65.0 cm³/mol. The van der Waals surface area contributed by atoms with Gasteiger partial charge in [-0.2, -0.15) is 0 Å². The van der Waals surface area contributed by atoms with E-state index in [-0.39, 0.29) is 24.9 Å². The van der Waals surface area contributed by atoms with Gasteiger partial charge in [-0.3, -0.25) is 9.59 Å². The first-order valence-electron chi connectivity index (χ1n) is 5.85. The number of aliphatic carboxylic acids is 1. The number of hydrogen-bond donors (Lipinski definition) is 3. The number of furan rings is 1. The van der Waals surface area contributed by atoms with Crippen LogP contribution >= 0.6 is 0 Å². The van der Waals surface area contributed by atoms with Crippen molar-refractivity contribution < 1.29 is 19.1 Å². The first-order valence-corrected chi connectivity index (χ1v) is 5.85. The maximum absolute atomic E-state index is 11.5. The molecule has 0 fully saturated rings. The topological polar surface area (TPSA) is 91.6 Å². The van der Waals surface area contributed by atoms with Crippen LogP contribution in [0.1, 0.15) is 31.6 Å². The zero-order chi connectivity index (χ0) is 13.4. The quantitative estimate of drug-likeness (QED) is 0.600. The molecule has 0 bridgehead atoms. The van der Waals surface area contributed by atoms with Crippen LogP contribution in [0.15, 0.2) is 22.8 Å². The van der Waals surface area contributed by atoms with Crippen LogP contribution in [0, 0.1) is 0 Å². The van der Waals surface area contributed by atoms with Crippen molar-refractivity contribution in [1.29, 1.82) is 0 Å². The van der Waals surface area contributed by atoms with E-state index in [0.29, 0.717) is 18.7 Å². The molecule has 0 aromatic carbocycles. The van der Waals surface area contributed by atoms with E-state index >= 15 is 0 Å². The van der Waals surface area contributed by atoms with E-state index in [9.17, 15) is 9.59 Å². The Balaban J connectivity index is 2.12. The van der Waals surface area contributed by atoms with E-state index in [4.69, 9.17) is 9.52 Å². The van der Waals surface area contributed by atoms with Crippen LogP contribution in [-0.4, -0.2) is 30.1 Å². The largest absolute Gasteiger partial charge is 0.481 e. The summed E-state index contributed by atoms with van der Waals surface area (Å²) in [5.41, 5.74) is 0. The zero-order valence-electron chi connectivity index (χ0n) is 10.3. The summed E-state index contributed by atoms with van der Waals surface area (Å²) in [6, 6.07) is 3.39. The van der Waals surface area contributed by atoms with Gasteiger partial charge in [-0.15, -0.1) is 0 Å². The highest BCUT2D eigenvalue weighted by atomic mass is 16.4. The molecule has 1 aromatic rings. The summed E-state index contributed by atoms with van der Waals surface area (Å²) in [5, 5.41) is 14.1. The smallest absolute Gasteiger partial charge is 0.303 e. The highest BCUT2D eigenvalue weighted by molar-refractivity contribution is 5.78. The van der Waals surface area contributed by atoms with Gasteiger partial charge in [0.15, 0.2) is 0 Å². The van der Waals surface area contributed by atoms with E-state index in [1.54, 1.807) is 18.4 Å². The van der Waals surface area contributed by atoms with Crippen molar-refractivity contribution in [2.24, 2.45) is 0 Å². The molecular formula is C12H18N2O4. The molecule has 6 heteroatoms. The highest BCUT2D eigenvalue weighted by Crippen LogP contribution is 2.11. The van der Waals surface area contributed by atoms with E-state index in [0.717, 1.165) is 0 Å². The molecule has 0 spiro atoms. The van der Waals surface area contributed by atoms with Crippen molar-refractivity contribution in [2.45, 2.75) is 25.8 Å². The molecular weight excluding hydrogens is 236 g/mol. The molecule has 1 rings (SSSR count). The molecule has 1 heterocycles. The second kappa shape index (κ2) is 7.50. The van der Waals surface area contributed by atoms with Crippen LogP contribution in [0.4, 0.5) is 0 Å². The van der Waals surface area contributed by atoms with Crippen molar-refractivity contribution in [3.63, 3.8) is 0 Å². The first kappa shape index (κ1) is 14.2. The van der Waals surface area contributed by atoms with Crippen molar-refractivity contribution in [2.75, 3.05) is 13.1 Å². The van der Waals surface area contributed by atoms with Crippen LogP contribution in [0.5, 0.6) is 0 Å². The summed E-state index contributed by atoms with van der Waals surface area (Å²) in [6.45, 7) is 2.51. The van der Waals surface area contributed by atoms with Gasteiger partial charge in [-0.25, -0.2) is 0 Å². The highest BCUT2D eigenvalue weighted by Gasteiger charge is 2.10. The Hall–Kier alpha value is -1.82. The monoisotopic (exact) mass is 254 g/mol. The second-order valence-corrected chi connectivity index (χ2v) is 3.98. The van der Waals surface area contributed by atoms with Crippen LogP contribution in [0.2, 0.25) is 0 Å². The lowest BCUT2D eigenvalue weighted by molar-refractivity contribution is -0.137. The maximum Gasteiger partial charge on any atom is 0.303 e. The third kappa shape index (κ3) is 5.49. The first-order chi connectivity index (χ1) is 8.59. The standard InChI is InChI=1S/C12H18N2O4/c1-9(10-4-3-7-18-10)14-11(15)8-13-6-2-5-12(16)17/h3-4,7,9,13H,2,5-6,8H2,1H3,(H,14,15)(H,16,17). The van der Waals surface area contributed by atoms with Gasteiger partial charge in [0.25, 0.3) is 0 Å². The Morgan fingerprint density at radius 3 is 2.89 bits per heavy atom. The SMILES string of the molecule is CC(NC(=O)CNCCCC(=O)O)c1ccco1. The van der Waals surface area contributed by atoms with Gasteiger partial charge < -0.3 is 20.2 Å². The Labute approximate surface area is 105 Å². The molecule has 0 saturated heterocycles. The lowest BCUT2D eigenvalue weighted by Gasteiger charge is -2.11. The predicted octanol–water partition coefficient (Wildman–Crippen LogP) is 0.911. The zero-order valence-corrected chi connectivity index (χ0v) is 10.3. The second-order valence-electron chi connectivity index (χ2n) is 3.98. The van der Waals surface area contributed by atoms with Crippen LogP contribution in [-0.2, 0) is 9.59 Å². The van der Waals surface area contributed by atoms with Gasteiger partial charge in [-0.1, -0.05) is 0 Å². The molecule has 6 nitrogen and oxygen atoms in total. The van der Waals surface area contributed by atoms with Gasteiger partial charge >= 0.3 is 5.97 Å². The molecule has 3 N–H and O–H groups in total. The van der Waals surface area contributed by atoms with Crippen molar-refractivity contribution in [3.05, 3.63) is 24.2 Å². The number of carboxylic acids is 1. The molecule has 1 amide bonds. The van der Waals surface area contributed by atoms with Crippen molar-refractivity contribution in [1.82, 2.24) is 10.6 Å². The van der Waals surface area contributed by atoms with E-state index < -0.39 is 5.97 Å². The number of hydrogen-bond acceptors (Lipinski definition) is 4. The minimum Gasteiger partial charge on any atom is -0.481 e. The van der Waals surface area contributed by atoms with Crippen molar-refractivity contribution >= 4 is 11.9 Å². The summed E-state index contributed by atoms with van der Waals surface area (Å²) in [6.07, 6.45) is 2.18. The van der Waals surface area contributed by atoms with Crippen molar-refractivity contribution in [3.8, 4) is 0 Å². The van der Waals surface area contributed by atoms with E-state index in [2.05, 4.69) is 10.6 Å². The lowest BCUT2D eigenvalue weighted by Crippen LogP contribution is -2.35. The summed E-state index contributed by atoms with van der Waals surface area (Å²) in [5.74, 6) is -0.267. The Morgan fingerprint density at radius 2 is 2.28 bits per heavy atom. The molecule has 0 aliphatic carbocycles. The maximum atomic E-state index is 11.5. The van der Waals surface area contributed by atoms with Gasteiger partial charge in [-0.05, 0) is 32.0 Å². The van der Waals surface area contributed by atoms with Crippen LogP contribution in [0.25, 0.3) is 0 Å². The number of amides is 1. The van der Waals surface area contributed by atoms with Gasteiger partial charge in [0.2, 0.25) is 5.91 Å². The molecule has 0 aliphatic rings. The fraction of sp³-hybridized carbons (Fsp3) is 0.500. The summed E-state index contributed by atoms with van der Waals surface area (Å²) >= 11 is 0. The third-order valence-corrected chi connectivity index (χ3v) is 2.38. The molecule has 1 unspecified atom stereocenters. The van der Waals surface area contributed by atoms with Crippen LogP contribution in [0.3, 0.4) is 0 Å². The molecule has 0 aliphatic heterocycles. The molecule has 0 saturated carbocycles. The molecule has 1 atom stereocenters. The Morgan fingerprint density at radius 1 is 1.50 bits per heavy atom. The van der Waals surface area contributed by atoms with E-state index in [1.165, 1.54) is 0 Å². The Kier molecular flexibility index (Phi) is 5.93. The fourth-order valence-electron chi connectivity index (χ4n) is 1.47.